The lowest BCUT2D eigenvalue weighted by Gasteiger charge is -2.27. The van der Waals surface area contributed by atoms with Gasteiger partial charge in [0, 0.05) is 31.5 Å². The van der Waals surface area contributed by atoms with Gasteiger partial charge in [-0.15, -0.1) is 0 Å². The Morgan fingerprint density at radius 2 is 2.13 bits per heavy atom. The van der Waals surface area contributed by atoms with Crippen LogP contribution in [0.1, 0.15) is 57.1 Å². The summed E-state index contributed by atoms with van der Waals surface area (Å²) in [4.78, 5) is 26.0. The molecule has 2 heterocycles. The Labute approximate surface area is 137 Å². The molecule has 6 nitrogen and oxygen atoms in total. The zero-order valence-corrected chi connectivity index (χ0v) is 13.9. The van der Waals surface area contributed by atoms with Crippen molar-refractivity contribution in [3.8, 4) is 0 Å². The topological polar surface area (TPSA) is 67.2 Å². The predicted octanol–water partition coefficient (Wildman–Crippen LogP) is 2.16. The van der Waals surface area contributed by atoms with Gasteiger partial charge in [-0.1, -0.05) is 19.3 Å². The first kappa shape index (κ1) is 16.0. The average molecular weight is 318 g/mol. The van der Waals surface area contributed by atoms with Gasteiger partial charge in [-0.25, -0.2) is 4.68 Å². The molecule has 2 aliphatic rings. The van der Waals surface area contributed by atoms with Gasteiger partial charge >= 0.3 is 0 Å². The smallest absolute Gasteiger partial charge is 0.229 e. The quantitative estimate of drug-likeness (QED) is 0.904. The third-order valence-corrected chi connectivity index (χ3v) is 4.75. The van der Waals surface area contributed by atoms with Crippen LogP contribution in [-0.4, -0.2) is 34.2 Å². The molecule has 0 atom stereocenters. The summed E-state index contributed by atoms with van der Waals surface area (Å²) in [6, 6.07) is 2.30. The third-order valence-electron chi connectivity index (χ3n) is 4.75. The second kappa shape index (κ2) is 7.15. The molecule has 0 aromatic carbocycles. The van der Waals surface area contributed by atoms with E-state index in [-0.39, 0.29) is 11.8 Å². The highest BCUT2D eigenvalue weighted by atomic mass is 16.2. The van der Waals surface area contributed by atoms with Crippen LogP contribution in [-0.2, 0) is 16.1 Å². The van der Waals surface area contributed by atoms with Crippen LogP contribution >= 0.6 is 0 Å². The van der Waals surface area contributed by atoms with E-state index in [4.69, 9.17) is 0 Å². The Morgan fingerprint density at radius 1 is 1.35 bits per heavy atom. The van der Waals surface area contributed by atoms with E-state index in [2.05, 4.69) is 10.4 Å². The van der Waals surface area contributed by atoms with Gasteiger partial charge in [0.25, 0.3) is 0 Å². The number of carbonyl (C=O) groups is 2. The molecule has 1 aliphatic heterocycles. The first-order valence-corrected chi connectivity index (χ1v) is 8.77. The Bertz CT molecular complexity index is 575. The summed E-state index contributed by atoms with van der Waals surface area (Å²) < 4.78 is 1.89. The van der Waals surface area contributed by atoms with E-state index < -0.39 is 0 Å². The minimum atomic E-state index is 0.117. The van der Waals surface area contributed by atoms with Crippen LogP contribution in [0.25, 0.3) is 0 Å². The van der Waals surface area contributed by atoms with Crippen LogP contribution in [0.4, 0.5) is 5.82 Å². The third kappa shape index (κ3) is 3.92. The van der Waals surface area contributed by atoms with Gasteiger partial charge < -0.3 is 5.32 Å². The van der Waals surface area contributed by atoms with Crippen LogP contribution in [0.15, 0.2) is 6.07 Å². The molecule has 1 aliphatic carbocycles. The average Bonchev–Trinajstić information content (AvgIpc) is 2.91. The first-order valence-electron chi connectivity index (χ1n) is 8.77. The number of anilines is 1. The van der Waals surface area contributed by atoms with Gasteiger partial charge in [0.2, 0.25) is 11.8 Å². The zero-order chi connectivity index (χ0) is 16.2. The molecule has 6 heteroatoms. The standard InChI is InChI=1S/C17H26N4O2/c1-13-12-16-20(17(23)9-11-21(16)19-13)10-5-8-15(22)18-14-6-3-2-4-7-14/h12,14H,2-11H2,1H3,(H,18,22). The lowest BCUT2D eigenvalue weighted by atomic mass is 9.95. The maximum atomic E-state index is 12.1. The number of carbonyl (C=O) groups excluding carboxylic acids is 2. The van der Waals surface area contributed by atoms with Gasteiger partial charge in [-0.05, 0) is 26.2 Å². The molecule has 23 heavy (non-hydrogen) atoms. The fraction of sp³-hybridized carbons (Fsp3) is 0.706. The van der Waals surface area contributed by atoms with Gasteiger partial charge in [0.1, 0.15) is 5.82 Å². The molecule has 1 N–H and O–H groups in total. The monoisotopic (exact) mass is 318 g/mol. The van der Waals surface area contributed by atoms with Gasteiger partial charge in [-0.3, -0.25) is 14.5 Å². The number of aryl methyl sites for hydroxylation is 2. The van der Waals surface area contributed by atoms with Crippen LogP contribution < -0.4 is 10.2 Å². The normalized spacial score (nSPS) is 18.8. The number of fused-ring (bicyclic) bond motifs is 1. The lowest BCUT2D eigenvalue weighted by Crippen LogP contribution is -2.39. The summed E-state index contributed by atoms with van der Waals surface area (Å²) >= 11 is 0. The minimum absolute atomic E-state index is 0.117. The molecule has 1 saturated carbocycles. The molecule has 1 aromatic heterocycles. The summed E-state index contributed by atoms with van der Waals surface area (Å²) in [5, 5.41) is 7.53. The molecule has 1 aromatic rings. The van der Waals surface area contributed by atoms with E-state index >= 15 is 0 Å². The number of nitrogens with zero attached hydrogens (tertiary/aromatic N) is 3. The number of amides is 2. The molecule has 3 rings (SSSR count). The van der Waals surface area contributed by atoms with Gasteiger partial charge in [-0.2, -0.15) is 5.10 Å². The predicted molar refractivity (Wildman–Crippen MR) is 88.2 cm³/mol. The van der Waals surface area contributed by atoms with Crippen molar-refractivity contribution in [3.05, 3.63) is 11.8 Å². The van der Waals surface area contributed by atoms with Crippen molar-refractivity contribution < 1.29 is 9.59 Å². The molecule has 2 amide bonds. The summed E-state index contributed by atoms with van der Waals surface area (Å²) in [6.45, 7) is 3.17. The van der Waals surface area contributed by atoms with Gasteiger partial charge in [0.05, 0.1) is 12.2 Å². The summed E-state index contributed by atoms with van der Waals surface area (Å²) in [5.74, 6) is 1.11. The Balaban J connectivity index is 1.48. The highest BCUT2D eigenvalue weighted by molar-refractivity contribution is 5.93. The largest absolute Gasteiger partial charge is 0.353 e. The molecule has 0 saturated heterocycles. The maximum absolute atomic E-state index is 12.1. The molecule has 1 fully saturated rings. The second-order valence-corrected chi connectivity index (χ2v) is 6.67. The van der Waals surface area contributed by atoms with E-state index in [1.54, 1.807) is 4.90 Å². The van der Waals surface area contributed by atoms with E-state index in [0.29, 0.717) is 38.4 Å². The number of rotatable bonds is 5. The number of hydrogen-bond donors (Lipinski definition) is 1. The van der Waals surface area contributed by atoms with Crippen molar-refractivity contribution >= 4 is 17.6 Å². The van der Waals surface area contributed by atoms with Crippen LogP contribution in [0.5, 0.6) is 0 Å². The summed E-state index contributed by atoms with van der Waals surface area (Å²) in [6.07, 6.45) is 7.59. The van der Waals surface area contributed by atoms with Crippen LogP contribution in [0, 0.1) is 6.92 Å². The second-order valence-electron chi connectivity index (χ2n) is 6.67. The Hall–Kier alpha value is -1.85. The highest BCUT2D eigenvalue weighted by Crippen LogP contribution is 2.23. The Kier molecular flexibility index (Phi) is 4.98. The molecular formula is C17H26N4O2. The van der Waals surface area contributed by atoms with Crippen molar-refractivity contribution in [1.29, 1.82) is 0 Å². The number of aromatic nitrogens is 2. The van der Waals surface area contributed by atoms with E-state index in [0.717, 1.165) is 24.4 Å². The van der Waals surface area contributed by atoms with Crippen molar-refractivity contribution in [2.45, 2.75) is 70.9 Å². The Morgan fingerprint density at radius 3 is 2.91 bits per heavy atom. The first-order chi connectivity index (χ1) is 11.1. The lowest BCUT2D eigenvalue weighted by molar-refractivity contribution is -0.122. The zero-order valence-electron chi connectivity index (χ0n) is 13.9. The maximum Gasteiger partial charge on any atom is 0.229 e. The molecule has 0 radical (unpaired) electrons. The molecule has 0 spiro atoms. The SMILES string of the molecule is Cc1cc2n(n1)CCC(=O)N2CCCC(=O)NC1CCCCC1. The van der Waals surface area contributed by atoms with Crippen molar-refractivity contribution in [2.24, 2.45) is 0 Å². The van der Waals surface area contributed by atoms with E-state index in [1.165, 1.54) is 19.3 Å². The number of nitrogens with one attached hydrogen (secondary N) is 1. The molecule has 0 bridgehead atoms. The van der Waals surface area contributed by atoms with Crippen LogP contribution in [0.2, 0.25) is 0 Å². The van der Waals surface area contributed by atoms with Crippen molar-refractivity contribution in [3.63, 3.8) is 0 Å². The molecular weight excluding hydrogens is 292 g/mol. The molecule has 126 valence electrons. The van der Waals surface area contributed by atoms with Crippen LogP contribution in [0.3, 0.4) is 0 Å². The summed E-state index contributed by atoms with van der Waals surface area (Å²) in [5.41, 5.74) is 0.926. The fourth-order valence-electron chi connectivity index (χ4n) is 3.56. The van der Waals surface area contributed by atoms with E-state index in [9.17, 15) is 9.59 Å². The summed E-state index contributed by atoms with van der Waals surface area (Å²) in [7, 11) is 0. The minimum Gasteiger partial charge on any atom is -0.353 e. The van der Waals surface area contributed by atoms with Crippen molar-refractivity contribution in [1.82, 2.24) is 15.1 Å². The number of hydrogen-bond acceptors (Lipinski definition) is 3. The molecule has 0 unspecified atom stereocenters. The highest BCUT2D eigenvalue weighted by Gasteiger charge is 2.25. The van der Waals surface area contributed by atoms with Gasteiger partial charge in [0.15, 0.2) is 0 Å². The fourth-order valence-corrected chi connectivity index (χ4v) is 3.56. The van der Waals surface area contributed by atoms with Crippen molar-refractivity contribution in [2.75, 3.05) is 11.4 Å². The van der Waals surface area contributed by atoms with E-state index in [1.807, 2.05) is 17.7 Å².